The minimum Gasteiger partial charge on any atom is -0.463 e. The van der Waals surface area contributed by atoms with Gasteiger partial charge in [-0.2, -0.15) is 5.10 Å². The fourth-order valence-electron chi connectivity index (χ4n) is 2.57. The summed E-state index contributed by atoms with van der Waals surface area (Å²) in [6.45, 7) is 3.51. The van der Waals surface area contributed by atoms with Crippen LogP contribution in [0, 0.1) is 13.8 Å². The maximum Gasteiger partial charge on any atom is 0.266 e. The zero-order valence-electron chi connectivity index (χ0n) is 14.8. The van der Waals surface area contributed by atoms with Crippen molar-refractivity contribution in [2.24, 2.45) is 0 Å². The van der Waals surface area contributed by atoms with Crippen LogP contribution >= 0.6 is 11.6 Å². The molecule has 0 spiro atoms. The molecule has 0 amide bonds. The van der Waals surface area contributed by atoms with Gasteiger partial charge in [0.2, 0.25) is 10.0 Å². The highest BCUT2D eigenvalue weighted by Gasteiger charge is 2.18. The van der Waals surface area contributed by atoms with E-state index in [2.05, 4.69) is 9.82 Å². The van der Waals surface area contributed by atoms with Crippen molar-refractivity contribution in [3.8, 4) is 11.5 Å². The van der Waals surface area contributed by atoms with Gasteiger partial charge < -0.3 is 4.42 Å². The Balaban J connectivity index is 1.75. The second-order valence-electron chi connectivity index (χ2n) is 6.02. The van der Waals surface area contributed by atoms with E-state index >= 15 is 0 Å². The second kappa shape index (κ2) is 7.67. The van der Waals surface area contributed by atoms with Crippen molar-refractivity contribution in [3.05, 3.63) is 69.2 Å². The Hall–Kier alpha value is -2.42. The third-order valence-corrected chi connectivity index (χ3v) is 6.01. The Kier molecular flexibility index (Phi) is 5.50. The molecule has 27 heavy (non-hydrogen) atoms. The van der Waals surface area contributed by atoms with E-state index in [0.717, 1.165) is 0 Å². The Labute approximate surface area is 161 Å². The van der Waals surface area contributed by atoms with Crippen LogP contribution in [0.3, 0.4) is 0 Å². The summed E-state index contributed by atoms with van der Waals surface area (Å²) >= 11 is 6.03. The molecule has 0 aliphatic rings. The van der Waals surface area contributed by atoms with Gasteiger partial charge in [-0.05, 0) is 55.3 Å². The molecule has 3 rings (SSSR count). The van der Waals surface area contributed by atoms with Crippen molar-refractivity contribution in [1.29, 1.82) is 0 Å². The standard InChI is InChI=1S/C18H18ClN3O4S/c1-12-11-17(13(2)10-14(12)19)27(24,25)20-7-8-22-18(23)6-5-15(21-22)16-4-3-9-26-16/h3-6,9-11,20H,7-8H2,1-2H3. The number of furan rings is 1. The van der Waals surface area contributed by atoms with E-state index < -0.39 is 10.0 Å². The molecule has 0 saturated carbocycles. The molecule has 0 radical (unpaired) electrons. The number of aromatic nitrogens is 2. The lowest BCUT2D eigenvalue weighted by Gasteiger charge is -2.12. The van der Waals surface area contributed by atoms with Crippen LogP contribution in [-0.4, -0.2) is 24.7 Å². The van der Waals surface area contributed by atoms with Crippen molar-refractivity contribution in [2.45, 2.75) is 25.3 Å². The van der Waals surface area contributed by atoms with Crippen LogP contribution in [0.4, 0.5) is 0 Å². The molecule has 9 heteroatoms. The minimum atomic E-state index is -3.74. The highest BCUT2D eigenvalue weighted by molar-refractivity contribution is 7.89. The molecule has 0 aliphatic carbocycles. The van der Waals surface area contributed by atoms with Gasteiger partial charge in [0.05, 0.1) is 17.7 Å². The minimum absolute atomic E-state index is 0.0119. The number of halogens is 1. The molecule has 3 aromatic rings. The first-order valence-corrected chi connectivity index (χ1v) is 10.0. The highest BCUT2D eigenvalue weighted by atomic mass is 35.5. The Morgan fingerprint density at radius 2 is 1.96 bits per heavy atom. The molecular formula is C18H18ClN3O4S. The number of rotatable bonds is 6. The number of sulfonamides is 1. The Morgan fingerprint density at radius 3 is 2.67 bits per heavy atom. The van der Waals surface area contributed by atoms with E-state index in [9.17, 15) is 13.2 Å². The first-order chi connectivity index (χ1) is 12.8. The zero-order chi connectivity index (χ0) is 19.6. The molecule has 7 nitrogen and oxygen atoms in total. The van der Waals surface area contributed by atoms with Gasteiger partial charge in [-0.1, -0.05) is 11.6 Å². The van der Waals surface area contributed by atoms with E-state index in [-0.39, 0.29) is 23.5 Å². The van der Waals surface area contributed by atoms with Crippen molar-refractivity contribution in [2.75, 3.05) is 6.54 Å². The summed E-state index contributed by atoms with van der Waals surface area (Å²) in [5.41, 5.74) is 1.38. The number of hydrogen-bond acceptors (Lipinski definition) is 5. The summed E-state index contributed by atoms with van der Waals surface area (Å²) in [6.07, 6.45) is 1.51. The molecule has 0 saturated heterocycles. The average Bonchev–Trinajstić information content (AvgIpc) is 3.14. The average molecular weight is 408 g/mol. The quantitative estimate of drug-likeness (QED) is 0.678. The largest absolute Gasteiger partial charge is 0.463 e. The van der Waals surface area contributed by atoms with Crippen molar-refractivity contribution in [3.63, 3.8) is 0 Å². The zero-order valence-corrected chi connectivity index (χ0v) is 16.3. The van der Waals surface area contributed by atoms with Gasteiger partial charge in [0.25, 0.3) is 5.56 Å². The normalized spacial score (nSPS) is 11.7. The monoisotopic (exact) mass is 407 g/mol. The molecule has 0 bridgehead atoms. The summed E-state index contributed by atoms with van der Waals surface area (Å²) in [6, 6.07) is 9.52. The molecular weight excluding hydrogens is 390 g/mol. The number of aryl methyl sites for hydroxylation is 2. The van der Waals surface area contributed by atoms with Crippen molar-refractivity contribution < 1.29 is 12.8 Å². The van der Waals surface area contributed by atoms with Gasteiger partial charge in [-0.3, -0.25) is 4.79 Å². The van der Waals surface area contributed by atoms with Crippen molar-refractivity contribution >= 4 is 21.6 Å². The van der Waals surface area contributed by atoms with Gasteiger partial charge >= 0.3 is 0 Å². The first kappa shape index (κ1) is 19.3. The van der Waals surface area contributed by atoms with Gasteiger partial charge in [-0.15, -0.1) is 0 Å². The van der Waals surface area contributed by atoms with Gasteiger partial charge in [0.15, 0.2) is 5.76 Å². The molecule has 2 aromatic heterocycles. The van der Waals surface area contributed by atoms with Crippen LogP contribution in [0.1, 0.15) is 11.1 Å². The van der Waals surface area contributed by atoms with Crippen LogP contribution in [0.25, 0.3) is 11.5 Å². The fourth-order valence-corrected chi connectivity index (χ4v) is 4.12. The summed E-state index contributed by atoms with van der Waals surface area (Å²) in [5.74, 6) is 0.525. The fraction of sp³-hybridized carbons (Fsp3) is 0.222. The lowest BCUT2D eigenvalue weighted by Crippen LogP contribution is -2.32. The van der Waals surface area contributed by atoms with Crippen molar-refractivity contribution in [1.82, 2.24) is 14.5 Å². The maximum absolute atomic E-state index is 12.6. The van der Waals surface area contributed by atoms with E-state index in [4.69, 9.17) is 16.0 Å². The molecule has 0 unspecified atom stereocenters. The summed E-state index contributed by atoms with van der Waals surface area (Å²) < 4.78 is 34.1. The van der Waals surface area contributed by atoms with E-state index in [1.54, 1.807) is 38.1 Å². The summed E-state index contributed by atoms with van der Waals surface area (Å²) in [7, 11) is -3.74. The van der Waals surface area contributed by atoms with Crippen LogP contribution in [0.5, 0.6) is 0 Å². The van der Waals surface area contributed by atoms with Crippen LogP contribution in [0.15, 0.2) is 56.8 Å². The molecule has 2 heterocycles. The topological polar surface area (TPSA) is 94.2 Å². The number of nitrogens with one attached hydrogen (secondary N) is 1. The maximum atomic E-state index is 12.6. The number of nitrogens with zero attached hydrogens (tertiary/aromatic N) is 2. The lowest BCUT2D eigenvalue weighted by atomic mass is 10.2. The predicted octanol–water partition coefficient (Wildman–Crippen LogP) is 2.75. The smallest absolute Gasteiger partial charge is 0.266 e. The molecule has 0 atom stereocenters. The van der Waals surface area contributed by atoms with Crippen LogP contribution in [0.2, 0.25) is 5.02 Å². The Morgan fingerprint density at radius 1 is 1.19 bits per heavy atom. The molecule has 0 aliphatic heterocycles. The van der Waals surface area contributed by atoms with Crippen LogP contribution in [-0.2, 0) is 16.6 Å². The third-order valence-electron chi connectivity index (χ3n) is 4.00. The summed E-state index contributed by atoms with van der Waals surface area (Å²) in [5, 5.41) is 4.72. The van der Waals surface area contributed by atoms with Crippen LogP contribution < -0.4 is 10.3 Å². The summed E-state index contributed by atoms with van der Waals surface area (Å²) in [4.78, 5) is 12.1. The van der Waals surface area contributed by atoms with Gasteiger partial charge in [-0.25, -0.2) is 17.8 Å². The molecule has 1 N–H and O–H groups in total. The second-order valence-corrected chi connectivity index (χ2v) is 8.16. The Bertz CT molecular complexity index is 1120. The predicted molar refractivity (Wildman–Crippen MR) is 102 cm³/mol. The van der Waals surface area contributed by atoms with Gasteiger partial charge in [0, 0.05) is 17.6 Å². The van der Waals surface area contributed by atoms with Gasteiger partial charge in [0.1, 0.15) is 5.69 Å². The van der Waals surface area contributed by atoms with E-state index in [0.29, 0.717) is 27.6 Å². The third kappa shape index (κ3) is 4.29. The van der Waals surface area contributed by atoms with E-state index in [1.165, 1.54) is 23.1 Å². The van der Waals surface area contributed by atoms with E-state index in [1.807, 2.05) is 0 Å². The number of benzene rings is 1. The molecule has 142 valence electrons. The lowest BCUT2D eigenvalue weighted by molar-refractivity contribution is 0.539. The molecule has 1 aromatic carbocycles. The first-order valence-electron chi connectivity index (χ1n) is 8.16. The SMILES string of the molecule is Cc1cc(S(=O)(=O)NCCn2nc(-c3ccco3)ccc2=O)c(C)cc1Cl. The molecule has 0 fully saturated rings. The number of hydrogen-bond donors (Lipinski definition) is 1. The highest BCUT2D eigenvalue weighted by Crippen LogP contribution is 2.23.